The predicted molar refractivity (Wildman–Crippen MR) is 66.0 cm³/mol. The van der Waals surface area contributed by atoms with E-state index in [4.69, 9.17) is 5.11 Å². The van der Waals surface area contributed by atoms with E-state index in [1.54, 1.807) is 11.8 Å². The lowest BCUT2D eigenvalue weighted by molar-refractivity contribution is 0.322. The molecule has 2 rings (SSSR count). The van der Waals surface area contributed by atoms with Crippen LogP contribution in [0.1, 0.15) is 31.5 Å². The number of nitrogens with one attached hydrogen (secondary N) is 1. The van der Waals surface area contributed by atoms with Crippen LogP contribution in [0.2, 0.25) is 0 Å². The smallest absolute Gasteiger partial charge is 0.135 e. The van der Waals surface area contributed by atoms with Gasteiger partial charge in [0.05, 0.1) is 6.61 Å². The van der Waals surface area contributed by atoms with E-state index in [2.05, 4.69) is 22.2 Å². The molecule has 16 heavy (non-hydrogen) atoms. The Morgan fingerprint density at radius 3 is 2.94 bits per heavy atom. The summed E-state index contributed by atoms with van der Waals surface area (Å²) in [6.45, 7) is 3.11. The van der Waals surface area contributed by atoms with Gasteiger partial charge in [-0.3, -0.25) is 0 Å². The van der Waals surface area contributed by atoms with Gasteiger partial charge in [0.25, 0.3) is 0 Å². The van der Waals surface area contributed by atoms with Crippen molar-refractivity contribution in [3.05, 3.63) is 11.9 Å². The molecule has 1 aromatic heterocycles. The van der Waals surface area contributed by atoms with E-state index < -0.39 is 0 Å². The largest absolute Gasteiger partial charge is 0.396 e. The first-order chi connectivity index (χ1) is 7.83. The lowest BCUT2D eigenvalue weighted by Gasteiger charge is -2.07. The van der Waals surface area contributed by atoms with E-state index >= 15 is 0 Å². The zero-order chi connectivity index (χ0) is 11.4. The maximum atomic E-state index is 8.81. The summed E-state index contributed by atoms with van der Waals surface area (Å²) in [4.78, 5) is 9.01. The van der Waals surface area contributed by atoms with Gasteiger partial charge in [-0.05, 0) is 19.8 Å². The van der Waals surface area contributed by atoms with Gasteiger partial charge in [-0.25, -0.2) is 9.97 Å². The van der Waals surface area contributed by atoms with Crippen molar-refractivity contribution in [1.29, 1.82) is 0 Å². The van der Waals surface area contributed by atoms with E-state index in [0.717, 1.165) is 23.2 Å². The summed E-state index contributed by atoms with van der Waals surface area (Å²) in [5.74, 6) is 3.11. The van der Waals surface area contributed by atoms with Gasteiger partial charge < -0.3 is 10.4 Å². The summed E-state index contributed by atoms with van der Waals surface area (Å²) in [7, 11) is 0. The second kappa shape index (κ2) is 5.50. The fraction of sp³-hybridized carbons (Fsp3) is 0.636. The molecule has 1 heterocycles. The molecule has 0 saturated heterocycles. The molecule has 0 spiro atoms. The third-order valence-corrected chi connectivity index (χ3v) is 3.25. The Kier molecular flexibility index (Phi) is 4.01. The topological polar surface area (TPSA) is 58.0 Å². The molecule has 1 fully saturated rings. The third-order valence-electron chi connectivity index (χ3n) is 2.36. The van der Waals surface area contributed by atoms with Crippen molar-refractivity contribution in [1.82, 2.24) is 9.97 Å². The summed E-state index contributed by atoms with van der Waals surface area (Å²) < 4.78 is 0. The minimum Gasteiger partial charge on any atom is -0.396 e. The van der Waals surface area contributed by atoms with Crippen LogP contribution in [-0.4, -0.2) is 34.0 Å². The standard InChI is InChI=1S/C11H17N3OS/c1-2-12-9-7-10(16-6-5-15)14-11(13-9)8-3-4-8/h7-8,15H,2-6H2,1H3,(H,12,13,14). The normalized spacial score (nSPS) is 15.1. The molecule has 2 N–H and O–H groups in total. The zero-order valence-corrected chi connectivity index (χ0v) is 10.3. The maximum Gasteiger partial charge on any atom is 0.135 e. The van der Waals surface area contributed by atoms with Crippen LogP contribution < -0.4 is 5.32 Å². The molecule has 1 aromatic rings. The van der Waals surface area contributed by atoms with Crippen LogP contribution in [-0.2, 0) is 0 Å². The molecule has 1 saturated carbocycles. The number of anilines is 1. The number of hydrogen-bond donors (Lipinski definition) is 2. The van der Waals surface area contributed by atoms with Crippen LogP contribution in [0.3, 0.4) is 0 Å². The molecule has 0 aliphatic heterocycles. The molecule has 4 nitrogen and oxygen atoms in total. The van der Waals surface area contributed by atoms with Crippen molar-refractivity contribution in [3.63, 3.8) is 0 Å². The molecular formula is C11H17N3OS. The molecular weight excluding hydrogens is 222 g/mol. The Bertz CT molecular complexity index is 355. The van der Waals surface area contributed by atoms with Crippen LogP contribution >= 0.6 is 11.8 Å². The lowest BCUT2D eigenvalue weighted by Crippen LogP contribution is -2.04. The average Bonchev–Trinajstić information content (AvgIpc) is 3.10. The minimum absolute atomic E-state index is 0.184. The number of rotatable bonds is 6. The summed E-state index contributed by atoms with van der Waals surface area (Å²) in [6.07, 6.45) is 2.42. The van der Waals surface area contributed by atoms with Crippen molar-refractivity contribution in [2.45, 2.75) is 30.7 Å². The molecule has 0 radical (unpaired) electrons. The Balaban J connectivity index is 2.14. The quantitative estimate of drug-likeness (QED) is 0.586. The molecule has 0 bridgehead atoms. The van der Waals surface area contributed by atoms with Crippen molar-refractivity contribution >= 4 is 17.6 Å². The Morgan fingerprint density at radius 2 is 2.31 bits per heavy atom. The fourth-order valence-electron chi connectivity index (χ4n) is 1.46. The Labute approximate surface area is 99.9 Å². The highest BCUT2D eigenvalue weighted by Crippen LogP contribution is 2.39. The van der Waals surface area contributed by atoms with Crippen LogP contribution in [0.5, 0.6) is 0 Å². The van der Waals surface area contributed by atoms with Gasteiger partial charge in [0.15, 0.2) is 0 Å². The van der Waals surface area contributed by atoms with Gasteiger partial charge in [-0.2, -0.15) is 0 Å². The maximum absolute atomic E-state index is 8.81. The van der Waals surface area contributed by atoms with E-state index in [0.29, 0.717) is 11.7 Å². The first-order valence-corrected chi connectivity index (χ1v) is 6.68. The Hall–Kier alpha value is -0.810. The van der Waals surface area contributed by atoms with E-state index in [1.807, 2.05) is 6.07 Å². The van der Waals surface area contributed by atoms with Gasteiger partial charge in [0, 0.05) is 24.3 Å². The number of aliphatic hydroxyl groups is 1. The number of aromatic nitrogens is 2. The van der Waals surface area contributed by atoms with E-state index in [1.165, 1.54) is 12.8 Å². The summed E-state index contributed by atoms with van der Waals surface area (Å²) in [5.41, 5.74) is 0. The molecule has 0 unspecified atom stereocenters. The van der Waals surface area contributed by atoms with Crippen molar-refractivity contribution in [3.8, 4) is 0 Å². The number of nitrogens with zero attached hydrogens (tertiary/aromatic N) is 2. The van der Waals surface area contributed by atoms with E-state index in [-0.39, 0.29) is 6.61 Å². The number of aliphatic hydroxyl groups excluding tert-OH is 1. The molecule has 1 aliphatic carbocycles. The fourth-order valence-corrected chi connectivity index (χ4v) is 2.12. The lowest BCUT2D eigenvalue weighted by atomic mass is 10.4. The zero-order valence-electron chi connectivity index (χ0n) is 9.44. The second-order valence-corrected chi connectivity index (χ2v) is 4.94. The van der Waals surface area contributed by atoms with Crippen molar-refractivity contribution < 1.29 is 5.11 Å². The highest BCUT2D eigenvalue weighted by atomic mass is 32.2. The van der Waals surface area contributed by atoms with E-state index in [9.17, 15) is 0 Å². The van der Waals surface area contributed by atoms with Crippen LogP contribution in [0.25, 0.3) is 0 Å². The Morgan fingerprint density at radius 1 is 1.50 bits per heavy atom. The van der Waals surface area contributed by atoms with Gasteiger partial charge in [0.2, 0.25) is 0 Å². The molecule has 0 atom stereocenters. The summed E-state index contributed by atoms with van der Waals surface area (Å²) in [6, 6.07) is 1.95. The molecule has 1 aliphatic rings. The van der Waals surface area contributed by atoms with Gasteiger partial charge in [-0.1, -0.05) is 0 Å². The van der Waals surface area contributed by atoms with Crippen LogP contribution in [0.15, 0.2) is 11.1 Å². The van der Waals surface area contributed by atoms with Crippen LogP contribution in [0, 0.1) is 0 Å². The average molecular weight is 239 g/mol. The third kappa shape index (κ3) is 3.09. The molecule has 0 aromatic carbocycles. The first-order valence-electron chi connectivity index (χ1n) is 5.70. The molecule has 88 valence electrons. The SMILES string of the molecule is CCNc1cc(SCCO)nc(C2CC2)n1. The van der Waals surface area contributed by atoms with Gasteiger partial charge in [0.1, 0.15) is 16.7 Å². The number of thioether (sulfide) groups is 1. The van der Waals surface area contributed by atoms with Crippen molar-refractivity contribution in [2.24, 2.45) is 0 Å². The van der Waals surface area contributed by atoms with Crippen LogP contribution in [0.4, 0.5) is 5.82 Å². The molecule has 0 amide bonds. The van der Waals surface area contributed by atoms with Crippen molar-refractivity contribution in [2.75, 3.05) is 24.2 Å². The monoisotopic (exact) mass is 239 g/mol. The summed E-state index contributed by atoms with van der Waals surface area (Å²) in [5, 5.41) is 13.0. The second-order valence-electron chi connectivity index (χ2n) is 3.83. The highest BCUT2D eigenvalue weighted by molar-refractivity contribution is 7.99. The highest BCUT2D eigenvalue weighted by Gasteiger charge is 2.27. The van der Waals surface area contributed by atoms with Gasteiger partial charge >= 0.3 is 0 Å². The predicted octanol–water partition coefficient (Wildman–Crippen LogP) is 1.87. The first kappa shape index (κ1) is 11.7. The number of hydrogen-bond acceptors (Lipinski definition) is 5. The summed E-state index contributed by atoms with van der Waals surface area (Å²) >= 11 is 1.58. The molecule has 5 heteroatoms. The minimum atomic E-state index is 0.184. The van der Waals surface area contributed by atoms with Gasteiger partial charge in [-0.15, -0.1) is 11.8 Å².